The van der Waals surface area contributed by atoms with Gasteiger partial charge in [0.05, 0.1) is 24.9 Å². The molecule has 19 heteroatoms. The Bertz CT molecular complexity index is 1980. The second-order valence-electron chi connectivity index (χ2n) is 17.6. The SMILES string of the molecule is CCCCCCCCOc1ccc(C(=O)NC2CCCNC(=O)[C@@H]3CCCN3C(=O)[C@H]([C@@H](C)O)NC(=O)[C@H](Cc3ccc(O)cc3)NC(=O)[C@@H]3C[C@@H](O)CN3C(=O)[C@H]([C@@H](C)O)NC2=O)cc1. The summed E-state index contributed by atoms with van der Waals surface area (Å²) in [4.78, 5) is 100. The average Bonchev–Trinajstić information content (AvgIpc) is 3.95. The molecule has 7 amide bonds. The van der Waals surface area contributed by atoms with Crippen LogP contribution in [0.5, 0.6) is 11.5 Å². The molecule has 1 unspecified atom stereocenters. The molecule has 2 aromatic carbocycles. The van der Waals surface area contributed by atoms with Crippen LogP contribution in [-0.4, -0.2) is 152 Å². The number of nitrogens with zero attached hydrogens (tertiary/aromatic N) is 2. The van der Waals surface area contributed by atoms with Gasteiger partial charge in [-0.05, 0) is 87.9 Å². The minimum atomic E-state index is -1.66. The van der Waals surface area contributed by atoms with E-state index in [0.717, 1.165) is 24.2 Å². The van der Waals surface area contributed by atoms with E-state index >= 15 is 0 Å². The third-order valence-corrected chi connectivity index (χ3v) is 12.3. The van der Waals surface area contributed by atoms with Gasteiger partial charge in [-0.3, -0.25) is 33.6 Å². The highest BCUT2D eigenvalue weighted by Gasteiger charge is 2.45. The molecule has 5 rings (SSSR count). The van der Waals surface area contributed by atoms with Crippen molar-refractivity contribution >= 4 is 41.4 Å². The van der Waals surface area contributed by atoms with Crippen molar-refractivity contribution in [1.82, 2.24) is 36.4 Å². The Morgan fingerprint density at radius 3 is 2.06 bits per heavy atom. The first-order valence-electron chi connectivity index (χ1n) is 23.2. The van der Waals surface area contributed by atoms with Gasteiger partial charge in [-0.2, -0.15) is 0 Å². The van der Waals surface area contributed by atoms with E-state index in [9.17, 15) is 54.0 Å². The summed E-state index contributed by atoms with van der Waals surface area (Å²) >= 11 is 0. The summed E-state index contributed by atoms with van der Waals surface area (Å²) in [5.74, 6) is -4.86. The molecule has 0 saturated carbocycles. The van der Waals surface area contributed by atoms with Gasteiger partial charge in [-0.15, -0.1) is 0 Å². The van der Waals surface area contributed by atoms with Gasteiger partial charge >= 0.3 is 0 Å². The Morgan fingerprint density at radius 1 is 0.758 bits per heavy atom. The lowest BCUT2D eigenvalue weighted by Crippen LogP contribution is -2.62. The van der Waals surface area contributed by atoms with Gasteiger partial charge in [-0.25, -0.2) is 0 Å². The van der Waals surface area contributed by atoms with E-state index in [1.165, 1.54) is 62.3 Å². The van der Waals surface area contributed by atoms with Crippen LogP contribution in [0.4, 0.5) is 0 Å². The molecule has 362 valence electrons. The standard InChI is InChI=1S/C47H67N7O12/c1-4-5-6-7-8-9-24-66-34-20-16-31(17-21-34)41(59)49-35-12-10-22-48-44(62)37-13-11-23-53(37)46(64)39(28(2)55)52-43(61)36(25-30-14-18-32(57)19-15-30)50-45(63)38-26-33(58)27-54(38)47(65)40(29(3)56)51-42(35)60/h14-21,28-29,33,35-40,55-58H,4-13,22-27H2,1-3H3,(H,48,62)(H,49,59)(H,50,63)(H,51,60)(H,52,61)/t28-,29-,33-,35?,36+,37+,38+,39+,40+/m1/s1. The van der Waals surface area contributed by atoms with Crippen molar-refractivity contribution in [3.63, 3.8) is 0 Å². The number of aliphatic hydroxyl groups excluding tert-OH is 3. The molecule has 9 N–H and O–H groups in total. The fraction of sp³-hybridized carbons (Fsp3) is 0.596. The molecule has 2 aromatic rings. The number of unbranched alkanes of at least 4 members (excludes halogenated alkanes) is 5. The van der Waals surface area contributed by atoms with Crippen LogP contribution in [-0.2, 0) is 35.2 Å². The first kappa shape index (κ1) is 51.2. The maximum absolute atomic E-state index is 14.3. The number of hydrogen-bond acceptors (Lipinski definition) is 12. The molecule has 0 aliphatic carbocycles. The van der Waals surface area contributed by atoms with E-state index in [1.54, 1.807) is 24.3 Å². The minimum absolute atomic E-state index is 0.0110. The van der Waals surface area contributed by atoms with Gasteiger partial charge in [0.25, 0.3) is 5.91 Å². The second-order valence-corrected chi connectivity index (χ2v) is 17.6. The Morgan fingerprint density at radius 2 is 1.39 bits per heavy atom. The zero-order valence-corrected chi connectivity index (χ0v) is 38.1. The number of hydrogen-bond donors (Lipinski definition) is 9. The molecule has 0 bridgehead atoms. The van der Waals surface area contributed by atoms with Crippen LogP contribution in [0.3, 0.4) is 0 Å². The lowest BCUT2D eigenvalue weighted by molar-refractivity contribution is -0.145. The van der Waals surface area contributed by atoms with E-state index in [4.69, 9.17) is 4.74 Å². The molecule has 3 saturated heterocycles. The highest BCUT2D eigenvalue weighted by molar-refractivity contribution is 6.00. The first-order valence-corrected chi connectivity index (χ1v) is 23.2. The molecule has 3 aliphatic rings. The van der Waals surface area contributed by atoms with Crippen molar-refractivity contribution in [2.45, 2.75) is 152 Å². The molecule has 3 fully saturated rings. The van der Waals surface area contributed by atoms with E-state index in [1.807, 2.05) is 0 Å². The Hall–Kier alpha value is -5.79. The molecule has 3 heterocycles. The quantitative estimate of drug-likeness (QED) is 0.118. The van der Waals surface area contributed by atoms with Crippen LogP contribution >= 0.6 is 0 Å². The Labute approximate surface area is 385 Å². The van der Waals surface area contributed by atoms with Gasteiger partial charge in [0.1, 0.15) is 47.8 Å². The predicted octanol–water partition coefficient (Wildman–Crippen LogP) is 0.551. The van der Waals surface area contributed by atoms with Gasteiger partial charge in [-0.1, -0.05) is 51.2 Å². The number of phenolic OH excluding ortho intramolecular Hbond substituents is 1. The first-order chi connectivity index (χ1) is 31.6. The fourth-order valence-corrected chi connectivity index (χ4v) is 8.52. The van der Waals surface area contributed by atoms with Crippen LogP contribution in [0, 0.1) is 0 Å². The number of aromatic hydroxyl groups is 1. The third-order valence-electron chi connectivity index (χ3n) is 12.3. The Kier molecular flexibility index (Phi) is 19.1. The van der Waals surface area contributed by atoms with Crippen molar-refractivity contribution < 1.29 is 58.7 Å². The molecule has 3 aliphatic heterocycles. The highest BCUT2D eigenvalue weighted by atomic mass is 16.5. The number of amides is 7. The van der Waals surface area contributed by atoms with Crippen LogP contribution in [0.15, 0.2) is 48.5 Å². The molecular weight excluding hydrogens is 855 g/mol. The van der Waals surface area contributed by atoms with E-state index in [2.05, 4.69) is 33.5 Å². The lowest BCUT2D eigenvalue weighted by Gasteiger charge is -2.32. The summed E-state index contributed by atoms with van der Waals surface area (Å²) < 4.78 is 5.85. The molecule has 0 radical (unpaired) electrons. The van der Waals surface area contributed by atoms with E-state index in [0.29, 0.717) is 30.8 Å². The summed E-state index contributed by atoms with van der Waals surface area (Å²) in [6.45, 7) is 5.06. The molecule has 9 atom stereocenters. The van der Waals surface area contributed by atoms with Crippen molar-refractivity contribution in [2.75, 3.05) is 26.2 Å². The van der Waals surface area contributed by atoms with Crippen molar-refractivity contribution in [2.24, 2.45) is 0 Å². The van der Waals surface area contributed by atoms with Gasteiger partial charge in [0, 0.05) is 38.0 Å². The summed E-state index contributed by atoms with van der Waals surface area (Å²) in [5.41, 5.74) is 0.698. The zero-order chi connectivity index (χ0) is 47.9. The predicted molar refractivity (Wildman–Crippen MR) is 241 cm³/mol. The number of carbonyl (C=O) groups excluding carboxylic acids is 7. The zero-order valence-electron chi connectivity index (χ0n) is 38.1. The van der Waals surface area contributed by atoms with Crippen molar-refractivity contribution in [1.29, 1.82) is 0 Å². The van der Waals surface area contributed by atoms with E-state index in [-0.39, 0.29) is 56.6 Å². The molecule has 0 aromatic heterocycles. The van der Waals surface area contributed by atoms with Gasteiger partial charge < -0.3 is 61.5 Å². The van der Waals surface area contributed by atoms with Crippen molar-refractivity contribution in [3.05, 3.63) is 59.7 Å². The number of benzene rings is 2. The minimum Gasteiger partial charge on any atom is -0.508 e. The highest BCUT2D eigenvalue weighted by Crippen LogP contribution is 2.23. The number of fused-ring (bicyclic) bond motifs is 2. The van der Waals surface area contributed by atoms with Crippen LogP contribution in [0.1, 0.15) is 107 Å². The maximum Gasteiger partial charge on any atom is 0.251 e. The van der Waals surface area contributed by atoms with E-state index < -0.39 is 95.9 Å². The third kappa shape index (κ3) is 14.1. The van der Waals surface area contributed by atoms with Crippen LogP contribution < -0.4 is 31.3 Å². The van der Waals surface area contributed by atoms with Crippen LogP contribution in [0.2, 0.25) is 0 Å². The number of ether oxygens (including phenoxy) is 1. The average molecular weight is 922 g/mol. The maximum atomic E-state index is 14.3. The van der Waals surface area contributed by atoms with Crippen LogP contribution in [0.25, 0.3) is 0 Å². The summed E-state index contributed by atoms with van der Waals surface area (Å²) in [6.07, 6.45) is 2.88. The molecule has 19 nitrogen and oxygen atoms in total. The second kappa shape index (κ2) is 24.7. The number of phenols is 1. The monoisotopic (exact) mass is 921 g/mol. The number of carbonyl (C=O) groups is 7. The summed E-state index contributed by atoms with van der Waals surface area (Å²) in [5, 5.41) is 55.6. The topological polar surface area (TPSA) is 276 Å². The molecule has 0 spiro atoms. The summed E-state index contributed by atoms with van der Waals surface area (Å²) in [6, 6.07) is 3.95. The fourth-order valence-electron chi connectivity index (χ4n) is 8.52. The molecular formula is C47H67N7O12. The van der Waals surface area contributed by atoms with Gasteiger partial charge in [0.2, 0.25) is 35.4 Å². The Balaban J connectivity index is 1.41. The normalized spacial score (nSPS) is 25.9. The lowest BCUT2D eigenvalue weighted by atomic mass is 10.0. The largest absolute Gasteiger partial charge is 0.508 e. The number of aliphatic hydroxyl groups is 3. The summed E-state index contributed by atoms with van der Waals surface area (Å²) in [7, 11) is 0. The smallest absolute Gasteiger partial charge is 0.251 e. The number of rotatable bonds is 14. The van der Waals surface area contributed by atoms with Crippen molar-refractivity contribution in [3.8, 4) is 11.5 Å². The molecule has 66 heavy (non-hydrogen) atoms. The number of nitrogens with one attached hydrogen (secondary N) is 5. The van der Waals surface area contributed by atoms with Gasteiger partial charge in [0.15, 0.2) is 0 Å².